The summed E-state index contributed by atoms with van der Waals surface area (Å²) in [6, 6.07) is 10.1. The first kappa shape index (κ1) is 17.1. The van der Waals surface area contributed by atoms with Crippen LogP contribution in [0.2, 0.25) is 0 Å². The first-order valence-electron chi connectivity index (χ1n) is 6.90. The first-order valence-corrected chi connectivity index (χ1v) is 8.70. The highest BCUT2D eigenvalue weighted by molar-refractivity contribution is 6.62. The van der Waals surface area contributed by atoms with Gasteiger partial charge in [0.1, 0.15) is 0 Å². The van der Waals surface area contributed by atoms with Crippen LogP contribution < -0.4 is 10.6 Å². The summed E-state index contributed by atoms with van der Waals surface area (Å²) in [5, 5.41) is 6.82. The number of hydrogen-bond acceptors (Lipinski definition) is 5. The standard InChI is InChI=1S/C14H26N2O3Si/c1-5-14(20(17-2,18-3)19-4)16-12-11-15-13-9-7-6-8-10-13/h6-10,14-16H,5,11-12H2,1-4H3. The zero-order valence-corrected chi connectivity index (χ0v) is 13.8. The molecule has 0 radical (unpaired) electrons. The minimum atomic E-state index is -2.62. The number of para-hydroxylation sites is 1. The van der Waals surface area contributed by atoms with Gasteiger partial charge in [-0.1, -0.05) is 25.1 Å². The molecular weight excluding hydrogens is 272 g/mol. The maximum atomic E-state index is 5.52. The van der Waals surface area contributed by atoms with Gasteiger partial charge in [-0.3, -0.25) is 0 Å². The monoisotopic (exact) mass is 298 g/mol. The highest BCUT2D eigenvalue weighted by atomic mass is 28.4. The Balaban J connectivity index is 2.41. The molecule has 0 aliphatic heterocycles. The van der Waals surface area contributed by atoms with Crippen LogP contribution in [0.5, 0.6) is 0 Å². The zero-order chi connectivity index (χ0) is 14.8. The highest BCUT2D eigenvalue weighted by Crippen LogP contribution is 2.14. The van der Waals surface area contributed by atoms with E-state index in [2.05, 4.69) is 29.7 Å². The molecule has 114 valence electrons. The number of benzene rings is 1. The van der Waals surface area contributed by atoms with E-state index in [9.17, 15) is 0 Å². The van der Waals surface area contributed by atoms with Crippen molar-refractivity contribution in [1.82, 2.24) is 5.32 Å². The van der Waals surface area contributed by atoms with Crippen molar-refractivity contribution in [2.45, 2.75) is 19.0 Å². The lowest BCUT2D eigenvalue weighted by Crippen LogP contribution is -2.60. The van der Waals surface area contributed by atoms with Gasteiger partial charge in [0.25, 0.3) is 0 Å². The van der Waals surface area contributed by atoms with Crippen molar-refractivity contribution < 1.29 is 13.3 Å². The Kier molecular flexibility index (Phi) is 7.79. The Bertz CT molecular complexity index is 352. The Morgan fingerprint density at radius 1 is 1.00 bits per heavy atom. The van der Waals surface area contributed by atoms with Gasteiger partial charge >= 0.3 is 8.80 Å². The number of nitrogens with one attached hydrogen (secondary N) is 2. The van der Waals surface area contributed by atoms with Gasteiger partial charge in [0.15, 0.2) is 0 Å². The molecule has 0 aliphatic rings. The van der Waals surface area contributed by atoms with E-state index in [-0.39, 0.29) is 5.67 Å². The molecule has 0 saturated heterocycles. The van der Waals surface area contributed by atoms with E-state index in [1.165, 1.54) is 0 Å². The molecule has 0 spiro atoms. The molecule has 0 saturated carbocycles. The second kappa shape index (κ2) is 9.09. The summed E-state index contributed by atoms with van der Waals surface area (Å²) in [6.45, 7) is 3.75. The van der Waals surface area contributed by atoms with Gasteiger partial charge in [0.05, 0.1) is 5.67 Å². The van der Waals surface area contributed by atoms with Crippen LogP contribution in [0.3, 0.4) is 0 Å². The molecular formula is C14H26N2O3Si. The molecule has 0 heterocycles. The maximum absolute atomic E-state index is 5.52. The molecule has 1 unspecified atom stereocenters. The van der Waals surface area contributed by atoms with Crippen LogP contribution in [-0.2, 0) is 13.3 Å². The van der Waals surface area contributed by atoms with Crippen LogP contribution >= 0.6 is 0 Å². The Hall–Kier alpha value is -0.923. The predicted molar refractivity (Wildman–Crippen MR) is 83.8 cm³/mol. The summed E-state index contributed by atoms with van der Waals surface area (Å²) in [7, 11) is 2.32. The van der Waals surface area contributed by atoms with Crippen molar-refractivity contribution in [2.75, 3.05) is 39.7 Å². The van der Waals surface area contributed by atoms with Gasteiger partial charge < -0.3 is 23.9 Å². The summed E-state index contributed by atoms with van der Waals surface area (Å²) < 4.78 is 16.5. The molecule has 1 aromatic carbocycles. The average molecular weight is 298 g/mol. The van der Waals surface area contributed by atoms with Crippen molar-refractivity contribution in [3.05, 3.63) is 30.3 Å². The topological polar surface area (TPSA) is 51.8 Å². The average Bonchev–Trinajstić information content (AvgIpc) is 2.52. The minimum Gasteiger partial charge on any atom is -0.384 e. The fourth-order valence-electron chi connectivity index (χ4n) is 2.21. The Morgan fingerprint density at radius 2 is 1.60 bits per heavy atom. The lowest BCUT2D eigenvalue weighted by molar-refractivity contribution is 0.106. The van der Waals surface area contributed by atoms with E-state index < -0.39 is 8.80 Å². The van der Waals surface area contributed by atoms with Gasteiger partial charge in [-0.2, -0.15) is 0 Å². The molecule has 0 amide bonds. The molecule has 0 aromatic heterocycles. The Morgan fingerprint density at radius 3 is 2.10 bits per heavy atom. The van der Waals surface area contributed by atoms with Crippen molar-refractivity contribution in [3.63, 3.8) is 0 Å². The number of anilines is 1. The van der Waals surface area contributed by atoms with E-state index >= 15 is 0 Å². The third-order valence-electron chi connectivity index (χ3n) is 3.31. The van der Waals surface area contributed by atoms with Crippen LogP contribution in [0.4, 0.5) is 5.69 Å². The molecule has 20 heavy (non-hydrogen) atoms. The lowest BCUT2D eigenvalue weighted by Gasteiger charge is -2.32. The highest BCUT2D eigenvalue weighted by Gasteiger charge is 2.46. The van der Waals surface area contributed by atoms with Crippen molar-refractivity contribution in [1.29, 1.82) is 0 Å². The molecule has 1 rings (SSSR count). The SMILES string of the molecule is CCC(NCCNc1ccccc1)[Si](OC)(OC)OC. The number of rotatable bonds is 10. The van der Waals surface area contributed by atoms with E-state index in [0.717, 1.165) is 25.2 Å². The Labute approximate surface area is 123 Å². The van der Waals surface area contributed by atoms with Crippen LogP contribution in [-0.4, -0.2) is 48.9 Å². The third-order valence-corrected chi connectivity index (χ3v) is 6.48. The largest absolute Gasteiger partial charge is 0.517 e. The summed E-state index contributed by atoms with van der Waals surface area (Å²) in [6.07, 6.45) is 0.896. The summed E-state index contributed by atoms with van der Waals surface area (Å²) in [4.78, 5) is 0. The second-order valence-corrected chi connectivity index (χ2v) is 7.55. The van der Waals surface area contributed by atoms with Gasteiger partial charge in [0.2, 0.25) is 0 Å². The van der Waals surface area contributed by atoms with E-state index in [4.69, 9.17) is 13.3 Å². The van der Waals surface area contributed by atoms with Gasteiger partial charge in [-0.05, 0) is 18.6 Å². The van der Waals surface area contributed by atoms with E-state index in [0.29, 0.717) is 0 Å². The van der Waals surface area contributed by atoms with Crippen LogP contribution in [0.25, 0.3) is 0 Å². The molecule has 2 N–H and O–H groups in total. The summed E-state index contributed by atoms with van der Waals surface area (Å²) in [5.74, 6) is 0. The molecule has 0 aliphatic carbocycles. The van der Waals surface area contributed by atoms with Crippen molar-refractivity contribution >= 4 is 14.5 Å². The van der Waals surface area contributed by atoms with Crippen LogP contribution in [0.1, 0.15) is 13.3 Å². The zero-order valence-electron chi connectivity index (χ0n) is 12.8. The van der Waals surface area contributed by atoms with Crippen LogP contribution in [0.15, 0.2) is 30.3 Å². The fraction of sp³-hybridized carbons (Fsp3) is 0.571. The van der Waals surface area contributed by atoms with Crippen molar-refractivity contribution in [2.24, 2.45) is 0 Å². The van der Waals surface area contributed by atoms with Gasteiger partial charge in [0, 0.05) is 40.1 Å². The van der Waals surface area contributed by atoms with Crippen molar-refractivity contribution in [3.8, 4) is 0 Å². The fourth-order valence-corrected chi connectivity index (χ4v) is 4.45. The lowest BCUT2D eigenvalue weighted by atomic mass is 10.3. The van der Waals surface area contributed by atoms with Gasteiger partial charge in [-0.25, -0.2) is 0 Å². The molecule has 5 nitrogen and oxygen atoms in total. The van der Waals surface area contributed by atoms with E-state index in [1.807, 2.05) is 18.2 Å². The third kappa shape index (κ3) is 4.57. The molecule has 6 heteroatoms. The quantitative estimate of drug-likeness (QED) is 0.510. The van der Waals surface area contributed by atoms with E-state index in [1.54, 1.807) is 21.3 Å². The predicted octanol–water partition coefficient (Wildman–Crippen LogP) is 1.88. The maximum Gasteiger partial charge on any atom is 0.517 e. The molecule has 1 atom stereocenters. The summed E-state index contributed by atoms with van der Waals surface area (Å²) >= 11 is 0. The molecule has 0 bridgehead atoms. The number of hydrogen-bond donors (Lipinski definition) is 2. The summed E-state index contributed by atoms with van der Waals surface area (Å²) in [5.41, 5.74) is 1.22. The van der Waals surface area contributed by atoms with Crippen LogP contribution in [0, 0.1) is 0 Å². The smallest absolute Gasteiger partial charge is 0.384 e. The molecule has 1 aromatic rings. The first-order chi connectivity index (χ1) is 9.72. The van der Waals surface area contributed by atoms with Gasteiger partial charge in [-0.15, -0.1) is 0 Å². The minimum absolute atomic E-state index is 0.0973. The normalized spacial score (nSPS) is 13.2. The second-order valence-electron chi connectivity index (χ2n) is 4.42. The molecule has 0 fully saturated rings.